The molecule has 0 unspecified atom stereocenters. The van der Waals surface area contributed by atoms with E-state index in [1.165, 1.54) is 23.3 Å². The van der Waals surface area contributed by atoms with Crippen LogP contribution in [0.5, 0.6) is 0 Å². The Hall–Kier alpha value is -1.95. The molecule has 0 spiro atoms. The summed E-state index contributed by atoms with van der Waals surface area (Å²) in [6.45, 7) is -0.0595. The zero-order valence-electron chi connectivity index (χ0n) is 10.0. The first kappa shape index (κ1) is 12.5. The average molecular weight is 264 g/mol. The number of hydrogen-bond acceptors (Lipinski definition) is 5. The lowest BCUT2D eigenvalue weighted by Crippen LogP contribution is -2.32. The van der Waals surface area contributed by atoms with Gasteiger partial charge in [-0.1, -0.05) is 0 Å². The summed E-state index contributed by atoms with van der Waals surface area (Å²) >= 11 is 1.48. The summed E-state index contributed by atoms with van der Waals surface area (Å²) in [6, 6.07) is 5.28. The molecule has 2 aromatic rings. The second kappa shape index (κ2) is 5.14. The molecule has 5 nitrogen and oxygen atoms in total. The summed E-state index contributed by atoms with van der Waals surface area (Å²) < 4.78 is 5.48. The second-order valence-corrected chi connectivity index (χ2v) is 4.66. The van der Waals surface area contributed by atoms with Crippen molar-refractivity contribution in [1.29, 1.82) is 0 Å². The Balaban J connectivity index is 2.19. The normalized spacial score (nSPS) is 10.3. The van der Waals surface area contributed by atoms with Gasteiger partial charge in [-0.15, -0.1) is 11.3 Å². The number of thiazole rings is 1. The Bertz CT molecular complexity index is 594. The largest absolute Gasteiger partial charge is 0.468 e. The van der Waals surface area contributed by atoms with Gasteiger partial charge in [0.15, 0.2) is 0 Å². The molecular formula is C12H12N2O3S. The molecule has 0 radical (unpaired) electrons. The van der Waals surface area contributed by atoms with Crippen molar-refractivity contribution in [3.05, 3.63) is 29.3 Å². The highest BCUT2D eigenvalue weighted by Gasteiger charge is 2.15. The predicted octanol–water partition coefficient (Wildman–Crippen LogP) is 1.54. The maximum atomic E-state index is 12.1. The van der Waals surface area contributed by atoms with E-state index in [4.69, 9.17) is 0 Å². The molecule has 0 aliphatic heterocycles. The lowest BCUT2D eigenvalue weighted by Gasteiger charge is -2.15. The Morgan fingerprint density at radius 1 is 1.44 bits per heavy atom. The van der Waals surface area contributed by atoms with Crippen LogP contribution in [0.25, 0.3) is 10.2 Å². The van der Waals surface area contributed by atoms with Crippen molar-refractivity contribution in [3.8, 4) is 0 Å². The highest BCUT2D eigenvalue weighted by Crippen LogP contribution is 2.19. The van der Waals surface area contributed by atoms with Crippen molar-refractivity contribution >= 4 is 33.4 Å². The number of fused-ring (bicyclic) bond motifs is 1. The first-order valence-electron chi connectivity index (χ1n) is 5.27. The molecule has 0 saturated carbocycles. The van der Waals surface area contributed by atoms with Gasteiger partial charge in [0, 0.05) is 12.6 Å². The van der Waals surface area contributed by atoms with Crippen LogP contribution >= 0.6 is 11.3 Å². The highest BCUT2D eigenvalue weighted by atomic mass is 32.1. The molecule has 0 aliphatic rings. The summed E-state index contributed by atoms with van der Waals surface area (Å²) in [5.41, 5.74) is 3.14. The van der Waals surface area contributed by atoms with Gasteiger partial charge in [-0.2, -0.15) is 0 Å². The van der Waals surface area contributed by atoms with Crippen LogP contribution in [-0.2, 0) is 9.53 Å². The van der Waals surface area contributed by atoms with Crippen LogP contribution in [0.3, 0.4) is 0 Å². The third-order valence-electron chi connectivity index (χ3n) is 2.52. The lowest BCUT2D eigenvalue weighted by molar-refractivity contribution is -0.141. The zero-order valence-corrected chi connectivity index (χ0v) is 10.9. The van der Waals surface area contributed by atoms with E-state index in [2.05, 4.69) is 9.72 Å². The van der Waals surface area contributed by atoms with E-state index in [1.54, 1.807) is 30.8 Å². The number of amides is 1. The third kappa shape index (κ3) is 2.48. The second-order valence-electron chi connectivity index (χ2n) is 3.77. The quantitative estimate of drug-likeness (QED) is 0.789. The third-order valence-corrected chi connectivity index (χ3v) is 3.31. The van der Waals surface area contributed by atoms with Crippen molar-refractivity contribution in [1.82, 2.24) is 9.88 Å². The van der Waals surface area contributed by atoms with E-state index in [1.807, 2.05) is 0 Å². The summed E-state index contributed by atoms with van der Waals surface area (Å²) in [5, 5.41) is 0. The molecule has 1 aromatic carbocycles. The number of aromatic nitrogens is 1. The fourth-order valence-electron chi connectivity index (χ4n) is 1.54. The van der Waals surface area contributed by atoms with E-state index in [0.29, 0.717) is 5.56 Å². The number of carbonyl (C=O) groups excluding carboxylic acids is 2. The van der Waals surface area contributed by atoms with E-state index >= 15 is 0 Å². The summed E-state index contributed by atoms with van der Waals surface area (Å²) in [7, 11) is 2.86. The minimum atomic E-state index is -0.440. The molecule has 94 valence electrons. The SMILES string of the molecule is COC(=O)CN(C)C(=O)c1ccc2ncsc2c1. The number of methoxy groups -OCH3 is 1. The van der Waals surface area contributed by atoms with Crippen LogP contribution in [-0.4, -0.2) is 42.5 Å². The molecule has 0 aliphatic carbocycles. The zero-order chi connectivity index (χ0) is 13.1. The maximum Gasteiger partial charge on any atom is 0.325 e. The van der Waals surface area contributed by atoms with Crippen LogP contribution in [0, 0.1) is 0 Å². The summed E-state index contributed by atoms with van der Waals surface area (Å²) in [5.74, 6) is -0.652. The molecule has 0 saturated heterocycles. The highest BCUT2D eigenvalue weighted by molar-refractivity contribution is 7.16. The van der Waals surface area contributed by atoms with Gasteiger partial charge in [0.1, 0.15) is 6.54 Å². The van der Waals surface area contributed by atoms with Gasteiger partial charge >= 0.3 is 5.97 Å². The number of nitrogens with zero attached hydrogens (tertiary/aromatic N) is 2. The van der Waals surface area contributed by atoms with Gasteiger partial charge in [0.2, 0.25) is 0 Å². The number of rotatable bonds is 3. The van der Waals surface area contributed by atoms with Crippen LogP contribution in [0.2, 0.25) is 0 Å². The van der Waals surface area contributed by atoms with Gasteiger partial charge in [-0.05, 0) is 18.2 Å². The van der Waals surface area contributed by atoms with Crippen molar-refractivity contribution in [3.63, 3.8) is 0 Å². The molecule has 0 atom stereocenters. The van der Waals surface area contributed by atoms with Crippen molar-refractivity contribution < 1.29 is 14.3 Å². The fraction of sp³-hybridized carbons (Fsp3) is 0.250. The van der Waals surface area contributed by atoms with E-state index < -0.39 is 5.97 Å². The molecule has 0 fully saturated rings. The number of carbonyl (C=O) groups is 2. The molecule has 1 amide bonds. The monoisotopic (exact) mass is 264 g/mol. The Morgan fingerprint density at radius 3 is 2.94 bits per heavy atom. The molecule has 1 heterocycles. The van der Waals surface area contributed by atoms with Crippen LogP contribution < -0.4 is 0 Å². The molecule has 0 bridgehead atoms. The topological polar surface area (TPSA) is 59.5 Å². The first-order chi connectivity index (χ1) is 8.61. The minimum absolute atomic E-state index is 0.0595. The Labute approximate surface area is 108 Å². The van der Waals surface area contributed by atoms with Gasteiger partial charge in [0.25, 0.3) is 5.91 Å². The van der Waals surface area contributed by atoms with E-state index in [9.17, 15) is 9.59 Å². The number of hydrogen-bond donors (Lipinski definition) is 0. The number of likely N-dealkylation sites (N-methyl/N-ethyl adjacent to an activating group) is 1. The molecule has 1 aromatic heterocycles. The van der Waals surface area contributed by atoms with Crippen molar-refractivity contribution in [2.75, 3.05) is 20.7 Å². The molecular weight excluding hydrogens is 252 g/mol. The number of benzene rings is 1. The predicted molar refractivity (Wildman–Crippen MR) is 68.6 cm³/mol. The Morgan fingerprint density at radius 2 is 2.22 bits per heavy atom. The van der Waals surface area contributed by atoms with E-state index in [-0.39, 0.29) is 12.5 Å². The Kier molecular flexibility index (Phi) is 3.57. The van der Waals surface area contributed by atoms with Crippen molar-refractivity contribution in [2.45, 2.75) is 0 Å². The number of esters is 1. The molecule has 0 N–H and O–H groups in total. The summed E-state index contributed by atoms with van der Waals surface area (Å²) in [4.78, 5) is 28.6. The first-order valence-corrected chi connectivity index (χ1v) is 6.15. The van der Waals surface area contributed by atoms with Crippen LogP contribution in [0.1, 0.15) is 10.4 Å². The molecule has 18 heavy (non-hydrogen) atoms. The lowest BCUT2D eigenvalue weighted by atomic mass is 10.2. The molecule has 6 heteroatoms. The smallest absolute Gasteiger partial charge is 0.325 e. The summed E-state index contributed by atoms with van der Waals surface area (Å²) in [6.07, 6.45) is 0. The van der Waals surface area contributed by atoms with Crippen LogP contribution in [0.15, 0.2) is 23.7 Å². The van der Waals surface area contributed by atoms with Gasteiger partial charge < -0.3 is 9.64 Å². The fourth-order valence-corrected chi connectivity index (χ4v) is 2.25. The average Bonchev–Trinajstić information content (AvgIpc) is 2.84. The maximum absolute atomic E-state index is 12.1. The van der Waals surface area contributed by atoms with Gasteiger partial charge in [-0.25, -0.2) is 4.98 Å². The number of ether oxygens (including phenoxy) is 1. The van der Waals surface area contributed by atoms with Gasteiger partial charge in [-0.3, -0.25) is 9.59 Å². The molecule has 2 rings (SSSR count). The van der Waals surface area contributed by atoms with Gasteiger partial charge in [0.05, 0.1) is 22.8 Å². The van der Waals surface area contributed by atoms with Crippen molar-refractivity contribution in [2.24, 2.45) is 0 Å². The minimum Gasteiger partial charge on any atom is -0.468 e. The van der Waals surface area contributed by atoms with E-state index in [0.717, 1.165) is 10.2 Å². The van der Waals surface area contributed by atoms with Crippen LogP contribution in [0.4, 0.5) is 0 Å². The standard InChI is InChI=1S/C12H12N2O3S/c1-14(6-11(15)17-2)12(16)8-3-4-9-10(5-8)18-7-13-9/h3-5,7H,6H2,1-2H3.